The highest BCUT2D eigenvalue weighted by atomic mass is 32.2. The lowest BCUT2D eigenvalue weighted by atomic mass is 10.1. The molecule has 0 spiro atoms. The normalized spacial score (nSPS) is 13.1. The zero-order valence-electron chi connectivity index (χ0n) is 31.8. The van der Waals surface area contributed by atoms with Gasteiger partial charge in [-0.3, -0.25) is 18.2 Å². The van der Waals surface area contributed by atoms with E-state index < -0.39 is 60.9 Å². The van der Waals surface area contributed by atoms with Crippen LogP contribution < -0.4 is 0 Å². The van der Waals surface area contributed by atoms with E-state index in [-0.39, 0.29) is 82.5 Å². The Kier molecular flexibility index (Phi) is 10.8. The first kappa shape index (κ1) is 43.5. The van der Waals surface area contributed by atoms with Crippen molar-refractivity contribution in [2.45, 2.75) is 19.6 Å². The Labute approximate surface area is 361 Å². The van der Waals surface area contributed by atoms with Crippen LogP contribution in [-0.2, 0) is 40.5 Å². The second-order valence-electron chi connectivity index (χ2n) is 13.7. The van der Waals surface area contributed by atoms with Crippen LogP contribution >= 0.6 is 0 Å². The van der Waals surface area contributed by atoms with Crippen molar-refractivity contribution in [3.8, 4) is 11.5 Å². The molecule has 8 aromatic carbocycles. The fourth-order valence-electron chi connectivity index (χ4n) is 6.79. The van der Waals surface area contributed by atoms with Crippen LogP contribution in [0.5, 0.6) is 11.5 Å². The van der Waals surface area contributed by atoms with Crippen molar-refractivity contribution in [1.29, 1.82) is 0 Å². The lowest BCUT2D eigenvalue weighted by molar-refractivity contribution is 0.471. The number of fused-ring (bicyclic) bond motifs is 4. The number of hydrogen-bond donors (Lipinski definition) is 6. The lowest BCUT2D eigenvalue weighted by Crippen LogP contribution is -1.98. The Bertz CT molecular complexity index is 3880. The van der Waals surface area contributed by atoms with Crippen LogP contribution in [0.1, 0.15) is 0 Å². The molecule has 0 atom stereocenters. The van der Waals surface area contributed by atoms with Crippen LogP contribution in [0.15, 0.2) is 172 Å². The van der Waals surface area contributed by atoms with E-state index in [1.165, 1.54) is 60.7 Å². The van der Waals surface area contributed by atoms with Gasteiger partial charge in [0.1, 0.15) is 16.4 Å². The summed E-state index contributed by atoms with van der Waals surface area (Å²) in [6.07, 6.45) is 0. The summed E-state index contributed by atoms with van der Waals surface area (Å²) in [5, 5.41) is 48.0. The van der Waals surface area contributed by atoms with Gasteiger partial charge in [0, 0.05) is 43.8 Å². The number of phenols is 2. The molecule has 0 heterocycles. The van der Waals surface area contributed by atoms with Crippen LogP contribution in [0.25, 0.3) is 43.1 Å². The Morgan fingerprint density at radius 3 is 1.23 bits per heavy atom. The standard InChI is InChI=1S/C40H26N6O14S4/c47-37-15-13-32(26-8-6-22(18-29(26)37)62(52,53)54)42-45-35-11-12-36(40-30(35)19-23(20-38(40)48)63(55,56)57)46-44-34-10-9-31(25-7-5-21(17-28(25)34)61(49,50)51)41-43-33-14-16-39(64(58,59)60)27-4-2-1-3-24(27)33/h1-20,47-48H,(H,49,50,51)(H,52,53,54)(H,55,56,57)(H,58,59,60). The van der Waals surface area contributed by atoms with Gasteiger partial charge in [-0.25, -0.2) is 0 Å². The Morgan fingerprint density at radius 2 is 0.703 bits per heavy atom. The van der Waals surface area contributed by atoms with E-state index in [4.69, 9.17) is 0 Å². The predicted octanol–water partition coefficient (Wildman–Crippen LogP) is 9.94. The SMILES string of the molecule is O=S(=O)(O)c1ccc2c(N=Nc3ccc(N=Nc4ccc(N=Nc5ccc(S(=O)(=O)O)c6ccccc56)c5ccc(S(=O)(=O)O)cc45)c4c(O)cc(S(=O)(=O)O)cc34)ccc(O)c2c1. The lowest BCUT2D eigenvalue weighted by Gasteiger charge is -2.10. The highest BCUT2D eigenvalue weighted by molar-refractivity contribution is 7.86. The number of aromatic hydroxyl groups is 2. The largest absolute Gasteiger partial charge is 0.507 e. The van der Waals surface area contributed by atoms with Crippen LogP contribution in [0.4, 0.5) is 34.1 Å². The van der Waals surface area contributed by atoms with Gasteiger partial charge >= 0.3 is 0 Å². The van der Waals surface area contributed by atoms with E-state index >= 15 is 0 Å². The van der Waals surface area contributed by atoms with Crippen molar-refractivity contribution >= 4 is 118 Å². The highest BCUT2D eigenvalue weighted by Crippen LogP contribution is 2.44. The highest BCUT2D eigenvalue weighted by Gasteiger charge is 2.20. The average molecular weight is 943 g/mol. The van der Waals surface area contributed by atoms with E-state index in [1.807, 2.05) is 0 Å². The van der Waals surface area contributed by atoms with Crippen molar-refractivity contribution in [3.63, 3.8) is 0 Å². The third kappa shape index (κ3) is 8.49. The van der Waals surface area contributed by atoms with E-state index in [0.717, 1.165) is 42.5 Å². The van der Waals surface area contributed by atoms with Gasteiger partial charge in [0.2, 0.25) is 0 Å². The number of rotatable bonds is 10. The van der Waals surface area contributed by atoms with Gasteiger partial charge in [0.05, 0.1) is 54.2 Å². The third-order valence-electron chi connectivity index (χ3n) is 9.74. The van der Waals surface area contributed by atoms with Gasteiger partial charge in [-0.2, -0.15) is 33.7 Å². The topological polar surface area (TPSA) is 332 Å². The van der Waals surface area contributed by atoms with Gasteiger partial charge in [-0.15, -0.1) is 30.7 Å². The molecule has 0 saturated carbocycles. The molecule has 6 N–H and O–H groups in total. The van der Waals surface area contributed by atoms with E-state index in [2.05, 4.69) is 30.7 Å². The Balaban J connectivity index is 1.24. The fraction of sp³-hybridized carbons (Fsp3) is 0. The van der Waals surface area contributed by atoms with Crippen molar-refractivity contribution in [2.24, 2.45) is 30.7 Å². The molecule has 0 unspecified atom stereocenters. The first-order valence-corrected chi connectivity index (χ1v) is 23.6. The molecule has 0 aliphatic rings. The summed E-state index contributed by atoms with van der Waals surface area (Å²) in [7, 11) is -18.9. The molecule has 0 aliphatic heterocycles. The van der Waals surface area contributed by atoms with Crippen molar-refractivity contribution in [2.75, 3.05) is 0 Å². The smallest absolute Gasteiger partial charge is 0.295 e. The summed E-state index contributed by atoms with van der Waals surface area (Å²) in [6, 6.07) is 25.4. The quantitative estimate of drug-likeness (QED) is 0.0549. The summed E-state index contributed by atoms with van der Waals surface area (Å²) < 4.78 is 135. The third-order valence-corrected chi connectivity index (χ3v) is 13.2. The Morgan fingerprint density at radius 1 is 0.312 bits per heavy atom. The fourth-order valence-corrected chi connectivity index (χ4v) is 9.02. The van der Waals surface area contributed by atoms with E-state index in [9.17, 15) is 62.1 Å². The van der Waals surface area contributed by atoms with Crippen molar-refractivity contribution in [3.05, 3.63) is 121 Å². The molecule has 20 nitrogen and oxygen atoms in total. The maximum Gasteiger partial charge on any atom is 0.295 e. The van der Waals surface area contributed by atoms with Crippen LogP contribution in [0, 0.1) is 0 Å². The number of azo groups is 3. The van der Waals surface area contributed by atoms with Crippen LogP contribution in [-0.4, -0.2) is 62.1 Å². The minimum atomic E-state index is -4.91. The summed E-state index contributed by atoms with van der Waals surface area (Å²) in [5.74, 6) is -1.04. The molecule has 0 aromatic heterocycles. The molecular weight excluding hydrogens is 917 g/mol. The van der Waals surface area contributed by atoms with E-state index in [1.54, 1.807) is 18.2 Å². The minimum absolute atomic E-state index is 0.00438. The van der Waals surface area contributed by atoms with Gasteiger partial charge in [-0.1, -0.05) is 36.4 Å². The van der Waals surface area contributed by atoms with Gasteiger partial charge < -0.3 is 10.2 Å². The molecule has 24 heteroatoms. The number of phenolic OH excluding ortho intramolecular Hbond substituents is 2. The number of hydrogen-bond acceptors (Lipinski definition) is 16. The van der Waals surface area contributed by atoms with Gasteiger partial charge in [0.25, 0.3) is 40.5 Å². The molecule has 0 saturated heterocycles. The Hall–Kier alpha value is -7.16. The van der Waals surface area contributed by atoms with Crippen molar-refractivity contribution < 1.29 is 62.1 Å². The predicted molar refractivity (Wildman–Crippen MR) is 231 cm³/mol. The molecule has 324 valence electrons. The van der Waals surface area contributed by atoms with Gasteiger partial charge in [-0.05, 0) is 78.9 Å². The van der Waals surface area contributed by atoms with Crippen LogP contribution in [0.3, 0.4) is 0 Å². The maximum absolute atomic E-state index is 12.2. The van der Waals surface area contributed by atoms with Gasteiger partial charge in [0.15, 0.2) is 0 Å². The summed E-state index contributed by atoms with van der Waals surface area (Å²) in [5.41, 5.74) is 0.295. The second kappa shape index (κ2) is 15.9. The monoisotopic (exact) mass is 942 g/mol. The second-order valence-corrected chi connectivity index (χ2v) is 19.4. The maximum atomic E-state index is 12.2. The molecule has 0 aliphatic carbocycles. The molecular formula is C40H26N6O14S4. The molecule has 0 bridgehead atoms. The zero-order valence-corrected chi connectivity index (χ0v) is 35.1. The molecule has 8 rings (SSSR count). The molecule has 0 fully saturated rings. The summed E-state index contributed by atoms with van der Waals surface area (Å²) in [4.78, 5) is -2.09. The summed E-state index contributed by atoms with van der Waals surface area (Å²) in [6.45, 7) is 0. The first-order valence-electron chi connectivity index (χ1n) is 17.9. The van der Waals surface area contributed by atoms with Crippen LogP contribution in [0.2, 0.25) is 0 Å². The van der Waals surface area contributed by atoms with Crippen molar-refractivity contribution in [1.82, 2.24) is 0 Å². The van der Waals surface area contributed by atoms with E-state index in [0.29, 0.717) is 5.39 Å². The molecule has 8 aromatic rings. The number of benzene rings is 8. The molecule has 0 radical (unpaired) electrons. The molecule has 0 amide bonds. The minimum Gasteiger partial charge on any atom is -0.507 e. The summed E-state index contributed by atoms with van der Waals surface area (Å²) >= 11 is 0. The number of nitrogens with zero attached hydrogens (tertiary/aromatic N) is 6. The first-order chi connectivity index (χ1) is 30.1. The molecule has 64 heavy (non-hydrogen) atoms. The zero-order chi connectivity index (χ0) is 45.9. The average Bonchev–Trinajstić information content (AvgIpc) is 3.23.